The Hall–Kier alpha value is -2.08. The first kappa shape index (κ1) is 20.2. The average molecular weight is 379 g/mol. The smallest absolute Gasteiger partial charge is 0.313 e. The number of esters is 1. The Bertz CT molecular complexity index is 649. The molecule has 0 bridgehead atoms. The van der Waals surface area contributed by atoms with Crippen molar-refractivity contribution in [3.8, 4) is 6.07 Å². The van der Waals surface area contributed by atoms with Gasteiger partial charge < -0.3 is 14.6 Å². The predicted molar refractivity (Wildman–Crippen MR) is 96.4 cm³/mol. The molecule has 1 fully saturated rings. The van der Waals surface area contributed by atoms with Crippen LogP contribution < -0.4 is 5.32 Å². The minimum Gasteiger partial charge on any atom is -0.466 e. The highest BCUT2D eigenvalue weighted by Gasteiger charge is 2.24. The SMILES string of the molecule is CCOC(=O)Cc1nnc(SCC(=O)NCCC#N)n1C1CCCCC1. The minimum atomic E-state index is -0.317. The number of thioether (sulfide) groups is 1. The number of amides is 1. The van der Waals surface area contributed by atoms with Gasteiger partial charge in [0.2, 0.25) is 5.91 Å². The van der Waals surface area contributed by atoms with Gasteiger partial charge in [-0.1, -0.05) is 31.0 Å². The molecule has 142 valence electrons. The van der Waals surface area contributed by atoms with Crippen LogP contribution in [0.3, 0.4) is 0 Å². The van der Waals surface area contributed by atoms with Crippen LogP contribution in [0.1, 0.15) is 57.3 Å². The van der Waals surface area contributed by atoms with E-state index < -0.39 is 0 Å². The van der Waals surface area contributed by atoms with Gasteiger partial charge in [-0.15, -0.1) is 10.2 Å². The summed E-state index contributed by atoms with van der Waals surface area (Å²) in [6.07, 6.45) is 5.92. The maximum absolute atomic E-state index is 11.9. The van der Waals surface area contributed by atoms with Crippen LogP contribution in [0.25, 0.3) is 0 Å². The van der Waals surface area contributed by atoms with E-state index in [1.807, 2.05) is 10.6 Å². The Morgan fingerprint density at radius 3 is 2.81 bits per heavy atom. The fourth-order valence-corrected chi connectivity index (χ4v) is 3.87. The molecule has 8 nitrogen and oxygen atoms in total. The van der Waals surface area contributed by atoms with E-state index in [1.54, 1.807) is 6.92 Å². The third kappa shape index (κ3) is 6.02. The topological polar surface area (TPSA) is 110 Å². The zero-order valence-corrected chi connectivity index (χ0v) is 15.9. The van der Waals surface area contributed by atoms with Crippen molar-refractivity contribution in [1.82, 2.24) is 20.1 Å². The molecule has 1 saturated carbocycles. The highest BCUT2D eigenvalue weighted by atomic mass is 32.2. The van der Waals surface area contributed by atoms with Gasteiger partial charge in [-0.25, -0.2) is 0 Å². The lowest BCUT2D eigenvalue weighted by atomic mass is 9.95. The van der Waals surface area contributed by atoms with Crippen molar-refractivity contribution in [1.29, 1.82) is 5.26 Å². The lowest BCUT2D eigenvalue weighted by Gasteiger charge is -2.25. The highest BCUT2D eigenvalue weighted by Crippen LogP contribution is 2.32. The molecule has 1 aliphatic carbocycles. The molecule has 0 aliphatic heterocycles. The predicted octanol–water partition coefficient (Wildman–Crippen LogP) is 2.01. The Morgan fingerprint density at radius 2 is 2.12 bits per heavy atom. The lowest BCUT2D eigenvalue weighted by molar-refractivity contribution is -0.142. The summed E-state index contributed by atoms with van der Waals surface area (Å²) in [6.45, 7) is 2.45. The molecule has 1 N–H and O–H groups in total. The van der Waals surface area contributed by atoms with Crippen molar-refractivity contribution in [3.05, 3.63) is 5.82 Å². The molecule has 1 aromatic rings. The number of nitrogens with one attached hydrogen (secondary N) is 1. The van der Waals surface area contributed by atoms with Crippen LogP contribution in [-0.2, 0) is 20.7 Å². The number of hydrogen-bond donors (Lipinski definition) is 1. The fourth-order valence-electron chi connectivity index (χ4n) is 3.01. The summed E-state index contributed by atoms with van der Waals surface area (Å²) in [7, 11) is 0. The zero-order chi connectivity index (χ0) is 18.8. The number of carbonyl (C=O) groups is 2. The summed E-state index contributed by atoms with van der Waals surface area (Å²) in [5.41, 5.74) is 0. The number of nitrogens with zero attached hydrogens (tertiary/aromatic N) is 4. The third-order valence-corrected chi connectivity index (χ3v) is 5.12. The van der Waals surface area contributed by atoms with E-state index in [-0.39, 0.29) is 30.1 Å². The molecule has 0 radical (unpaired) electrons. The molecular weight excluding hydrogens is 354 g/mol. The molecule has 0 aromatic carbocycles. The van der Waals surface area contributed by atoms with Gasteiger partial charge in [0.1, 0.15) is 12.2 Å². The van der Waals surface area contributed by atoms with E-state index in [4.69, 9.17) is 10.00 Å². The Morgan fingerprint density at radius 1 is 1.35 bits per heavy atom. The Balaban J connectivity index is 2.06. The number of rotatable bonds is 9. The summed E-state index contributed by atoms with van der Waals surface area (Å²) in [4.78, 5) is 23.7. The average Bonchev–Trinajstić information content (AvgIpc) is 3.03. The van der Waals surface area contributed by atoms with Crippen LogP contribution in [0.4, 0.5) is 0 Å². The fraction of sp³-hybridized carbons (Fsp3) is 0.706. The quantitative estimate of drug-likeness (QED) is 0.397. The van der Waals surface area contributed by atoms with Crippen LogP contribution in [0.5, 0.6) is 0 Å². The van der Waals surface area contributed by atoms with Crippen molar-refractivity contribution in [3.63, 3.8) is 0 Å². The Labute approximate surface area is 157 Å². The van der Waals surface area contributed by atoms with Crippen LogP contribution in [0.2, 0.25) is 0 Å². The van der Waals surface area contributed by atoms with Gasteiger partial charge in [0.15, 0.2) is 5.16 Å². The second kappa shape index (κ2) is 10.8. The molecule has 1 heterocycles. The summed E-state index contributed by atoms with van der Waals surface area (Å²) < 4.78 is 7.05. The van der Waals surface area contributed by atoms with Crippen molar-refractivity contribution in [2.75, 3.05) is 18.9 Å². The van der Waals surface area contributed by atoms with Gasteiger partial charge in [0.05, 0.1) is 24.8 Å². The van der Waals surface area contributed by atoms with E-state index in [0.717, 1.165) is 25.7 Å². The van der Waals surface area contributed by atoms with Gasteiger partial charge in [-0.3, -0.25) is 9.59 Å². The summed E-state index contributed by atoms with van der Waals surface area (Å²) in [5.74, 6) is 0.344. The lowest BCUT2D eigenvalue weighted by Crippen LogP contribution is -2.26. The van der Waals surface area contributed by atoms with Gasteiger partial charge in [-0.05, 0) is 19.8 Å². The zero-order valence-electron chi connectivity index (χ0n) is 15.1. The van der Waals surface area contributed by atoms with Gasteiger partial charge in [0, 0.05) is 12.6 Å². The molecular formula is C17H25N5O3S. The number of ether oxygens (including phenoxy) is 1. The number of aromatic nitrogens is 3. The number of hydrogen-bond acceptors (Lipinski definition) is 7. The minimum absolute atomic E-state index is 0.0895. The molecule has 0 saturated heterocycles. The first-order valence-corrected chi connectivity index (χ1v) is 10.00. The van der Waals surface area contributed by atoms with Gasteiger partial charge >= 0.3 is 5.97 Å². The normalized spacial score (nSPS) is 14.6. The summed E-state index contributed by atoms with van der Waals surface area (Å²) in [6, 6.07) is 2.25. The van der Waals surface area contributed by atoms with Crippen LogP contribution in [0.15, 0.2) is 5.16 Å². The molecule has 2 rings (SSSR count). The molecule has 9 heteroatoms. The maximum atomic E-state index is 11.9. The summed E-state index contributed by atoms with van der Waals surface area (Å²) >= 11 is 1.31. The van der Waals surface area contributed by atoms with Crippen LogP contribution in [-0.4, -0.2) is 45.5 Å². The molecule has 1 aliphatic rings. The largest absolute Gasteiger partial charge is 0.466 e. The van der Waals surface area contributed by atoms with Crippen LogP contribution in [0, 0.1) is 11.3 Å². The van der Waals surface area contributed by atoms with Gasteiger partial charge in [-0.2, -0.15) is 5.26 Å². The van der Waals surface area contributed by atoms with Crippen molar-refractivity contribution in [2.45, 2.75) is 63.1 Å². The number of carbonyl (C=O) groups excluding carboxylic acids is 2. The van der Waals surface area contributed by atoms with E-state index in [0.29, 0.717) is 30.6 Å². The van der Waals surface area contributed by atoms with E-state index >= 15 is 0 Å². The molecule has 0 spiro atoms. The van der Waals surface area contributed by atoms with Crippen molar-refractivity contribution >= 4 is 23.6 Å². The second-order valence-electron chi connectivity index (χ2n) is 6.09. The van der Waals surface area contributed by atoms with Crippen molar-refractivity contribution < 1.29 is 14.3 Å². The van der Waals surface area contributed by atoms with Crippen molar-refractivity contribution in [2.24, 2.45) is 0 Å². The standard InChI is InChI=1S/C17H25N5O3S/c1-2-25-16(24)11-14-20-21-17(22(14)13-7-4-3-5-8-13)26-12-15(23)19-10-6-9-18/h13H,2-8,10-12H2,1H3,(H,19,23). The first-order valence-electron chi connectivity index (χ1n) is 9.01. The summed E-state index contributed by atoms with van der Waals surface area (Å²) in [5, 5.41) is 20.3. The second-order valence-corrected chi connectivity index (χ2v) is 7.03. The molecule has 26 heavy (non-hydrogen) atoms. The molecule has 1 aromatic heterocycles. The third-order valence-electron chi connectivity index (χ3n) is 4.17. The molecule has 0 atom stereocenters. The molecule has 0 unspecified atom stereocenters. The molecule has 1 amide bonds. The number of nitriles is 1. The van der Waals surface area contributed by atoms with E-state index in [1.165, 1.54) is 18.2 Å². The Kier molecular flexibility index (Phi) is 8.41. The monoisotopic (exact) mass is 379 g/mol. The first-order chi connectivity index (χ1) is 12.7. The van der Waals surface area contributed by atoms with E-state index in [2.05, 4.69) is 15.5 Å². The maximum Gasteiger partial charge on any atom is 0.313 e. The van der Waals surface area contributed by atoms with Gasteiger partial charge in [0.25, 0.3) is 0 Å². The van der Waals surface area contributed by atoms with Crippen LogP contribution >= 0.6 is 11.8 Å². The highest BCUT2D eigenvalue weighted by molar-refractivity contribution is 7.99. The van der Waals surface area contributed by atoms with E-state index in [9.17, 15) is 9.59 Å².